The van der Waals surface area contributed by atoms with Gasteiger partial charge in [-0.3, -0.25) is 9.69 Å². The fraction of sp³-hybridized carbons (Fsp3) is 0.143. The summed E-state index contributed by atoms with van der Waals surface area (Å²) in [6, 6.07) is 21.7. The molecule has 0 saturated carbocycles. The second-order valence-electron chi connectivity index (χ2n) is 6.12. The molecule has 0 amide bonds. The molecule has 2 aromatic carbocycles. The Hall–Kier alpha value is -3.12. The minimum atomic E-state index is -0.223. The van der Waals surface area contributed by atoms with Gasteiger partial charge in [0.2, 0.25) is 0 Å². The van der Waals surface area contributed by atoms with Crippen LogP contribution in [-0.2, 0) is 4.79 Å². The Labute approximate surface area is 162 Å². The number of amidine groups is 1. The first-order valence-corrected chi connectivity index (χ1v) is 9.47. The number of thiophene rings is 1. The summed E-state index contributed by atoms with van der Waals surface area (Å²) in [5.74, 6) is 1.11. The van der Waals surface area contributed by atoms with Crippen LogP contribution in [0.4, 0.5) is 11.4 Å². The summed E-state index contributed by atoms with van der Waals surface area (Å²) in [6.07, 6.45) is -0.223. The van der Waals surface area contributed by atoms with Gasteiger partial charge in [-0.25, -0.2) is 5.01 Å². The smallest absolute Gasteiger partial charge is 0.198 e. The maximum atomic E-state index is 12.4. The molecule has 27 heavy (non-hydrogen) atoms. The average molecular weight is 377 g/mol. The van der Waals surface area contributed by atoms with Crippen molar-refractivity contribution < 1.29 is 9.53 Å². The van der Waals surface area contributed by atoms with E-state index in [1.54, 1.807) is 25.4 Å². The third-order valence-electron chi connectivity index (χ3n) is 4.39. The molecule has 0 N–H and O–H groups in total. The number of para-hydroxylation sites is 1. The van der Waals surface area contributed by atoms with E-state index in [-0.39, 0.29) is 11.9 Å². The SMILES string of the molecule is COc1ccc(N2C(C(C)=O)=NN(c3ccccc3)[C@@H]2c2cccs2)cc1. The first-order chi connectivity index (χ1) is 13.2. The number of anilines is 2. The summed E-state index contributed by atoms with van der Waals surface area (Å²) in [7, 11) is 1.64. The number of carbonyl (C=O) groups excluding carboxylic acids is 1. The second-order valence-corrected chi connectivity index (χ2v) is 7.10. The average Bonchev–Trinajstić information content (AvgIpc) is 3.36. The van der Waals surface area contributed by atoms with Crippen molar-refractivity contribution in [2.45, 2.75) is 13.1 Å². The lowest BCUT2D eigenvalue weighted by Gasteiger charge is -2.31. The van der Waals surface area contributed by atoms with E-state index in [0.717, 1.165) is 22.0 Å². The summed E-state index contributed by atoms with van der Waals surface area (Å²) in [6.45, 7) is 1.55. The molecule has 1 aliphatic rings. The van der Waals surface area contributed by atoms with Crippen molar-refractivity contribution >= 4 is 34.3 Å². The Bertz CT molecular complexity index is 953. The van der Waals surface area contributed by atoms with Crippen molar-refractivity contribution in [1.82, 2.24) is 0 Å². The zero-order chi connectivity index (χ0) is 18.8. The molecule has 5 nitrogen and oxygen atoms in total. The van der Waals surface area contributed by atoms with Crippen LogP contribution < -0.4 is 14.6 Å². The molecule has 6 heteroatoms. The molecule has 0 fully saturated rings. The van der Waals surface area contributed by atoms with E-state index in [2.05, 4.69) is 6.07 Å². The Morgan fingerprint density at radius 3 is 2.33 bits per heavy atom. The molecule has 136 valence electrons. The summed E-state index contributed by atoms with van der Waals surface area (Å²) in [5.41, 5.74) is 1.83. The van der Waals surface area contributed by atoms with E-state index in [1.807, 2.05) is 76.0 Å². The van der Waals surface area contributed by atoms with E-state index in [4.69, 9.17) is 9.84 Å². The minimum absolute atomic E-state index is 0.0780. The van der Waals surface area contributed by atoms with E-state index in [1.165, 1.54) is 0 Å². The lowest BCUT2D eigenvalue weighted by molar-refractivity contribution is -0.111. The molecular weight excluding hydrogens is 358 g/mol. The zero-order valence-electron chi connectivity index (χ0n) is 15.1. The minimum Gasteiger partial charge on any atom is -0.497 e. The predicted octanol–water partition coefficient (Wildman–Crippen LogP) is 4.68. The number of hydrogen-bond acceptors (Lipinski definition) is 6. The highest BCUT2D eigenvalue weighted by molar-refractivity contribution is 7.10. The van der Waals surface area contributed by atoms with Crippen LogP contribution in [0.1, 0.15) is 18.0 Å². The molecule has 0 spiro atoms. The van der Waals surface area contributed by atoms with Gasteiger partial charge < -0.3 is 4.74 Å². The normalized spacial score (nSPS) is 16.4. The number of benzene rings is 2. The van der Waals surface area contributed by atoms with Crippen LogP contribution in [0.2, 0.25) is 0 Å². The molecule has 0 unspecified atom stereocenters. The molecule has 2 heterocycles. The fourth-order valence-corrected chi connectivity index (χ4v) is 3.94. The monoisotopic (exact) mass is 377 g/mol. The molecule has 0 radical (unpaired) electrons. The van der Waals surface area contributed by atoms with E-state index < -0.39 is 0 Å². The van der Waals surface area contributed by atoms with E-state index in [9.17, 15) is 4.79 Å². The van der Waals surface area contributed by atoms with Gasteiger partial charge in [-0.1, -0.05) is 24.3 Å². The van der Waals surface area contributed by atoms with Gasteiger partial charge in [-0.05, 0) is 47.8 Å². The first-order valence-electron chi connectivity index (χ1n) is 8.59. The number of hydrazone groups is 1. The number of Topliss-reactive ketones (excluding diaryl/α,β-unsaturated/α-hetero) is 1. The number of rotatable bonds is 5. The maximum Gasteiger partial charge on any atom is 0.198 e. The topological polar surface area (TPSA) is 45.1 Å². The van der Waals surface area contributed by atoms with Crippen molar-refractivity contribution in [1.29, 1.82) is 0 Å². The molecule has 4 rings (SSSR count). The lowest BCUT2D eigenvalue weighted by atomic mass is 10.2. The Morgan fingerprint density at radius 1 is 1.00 bits per heavy atom. The number of hydrogen-bond donors (Lipinski definition) is 0. The standard InChI is InChI=1S/C21H19N3O2S/c1-15(25)20-22-24(17-7-4-3-5-8-17)21(19-9-6-14-27-19)23(20)16-10-12-18(26-2)13-11-16/h3-14,21H,1-2H3/t21-/m1/s1. The summed E-state index contributed by atoms with van der Waals surface area (Å²) < 4.78 is 5.27. The van der Waals surface area contributed by atoms with Gasteiger partial charge in [0.1, 0.15) is 5.75 Å². The van der Waals surface area contributed by atoms with Gasteiger partial charge in [-0.2, -0.15) is 0 Å². The number of carbonyl (C=O) groups is 1. The van der Waals surface area contributed by atoms with Crippen LogP contribution in [0, 0.1) is 0 Å². The number of ketones is 1. The summed E-state index contributed by atoms with van der Waals surface area (Å²) in [4.78, 5) is 15.5. The Morgan fingerprint density at radius 2 is 1.74 bits per heavy atom. The van der Waals surface area contributed by atoms with Crippen molar-refractivity contribution in [3.05, 3.63) is 77.0 Å². The Balaban J connectivity index is 1.85. The molecule has 0 aliphatic carbocycles. The molecule has 0 bridgehead atoms. The lowest BCUT2D eigenvalue weighted by Crippen LogP contribution is -2.37. The fourth-order valence-electron chi connectivity index (χ4n) is 3.14. The van der Waals surface area contributed by atoms with Crippen molar-refractivity contribution in [3.63, 3.8) is 0 Å². The highest BCUT2D eigenvalue weighted by atomic mass is 32.1. The van der Waals surface area contributed by atoms with Crippen molar-refractivity contribution in [2.24, 2.45) is 5.10 Å². The molecule has 1 aromatic heterocycles. The van der Waals surface area contributed by atoms with Crippen LogP contribution in [-0.4, -0.2) is 18.7 Å². The van der Waals surface area contributed by atoms with Crippen LogP contribution in [0.15, 0.2) is 77.2 Å². The predicted molar refractivity (Wildman–Crippen MR) is 110 cm³/mol. The third kappa shape index (κ3) is 3.19. The van der Waals surface area contributed by atoms with Gasteiger partial charge in [0.15, 0.2) is 17.8 Å². The molecular formula is C21H19N3O2S. The molecule has 1 atom stereocenters. The zero-order valence-corrected chi connectivity index (χ0v) is 15.9. The van der Waals surface area contributed by atoms with Crippen LogP contribution >= 0.6 is 11.3 Å². The maximum absolute atomic E-state index is 12.4. The van der Waals surface area contributed by atoms with Gasteiger partial charge in [-0.15, -0.1) is 16.4 Å². The highest BCUT2D eigenvalue weighted by Crippen LogP contribution is 2.40. The van der Waals surface area contributed by atoms with Crippen LogP contribution in [0.25, 0.3) is 0 Å². The van der Waals surface area contributed by atoms with Gasteiger partial charge in [0.25, 0.3) is 0 Å². The number of methoxy groups -OCH3 is 1. The van der Waals surface area contributed by atoms with Crippen LogP contribution in [0.3, 0.4) is 0 Å². The van der Waals surface area contributed by atoms with Crippen molar-refractivity contribution in [3.8, 4) is 5.75 Å². The van der Waals surface area contributed by atoms with Gasteiger partial charge in [0, 0.05) is 17.5 Å². The van der Waals surface area contributed by atoms with Crippen molar-refractivity contribution in [2.75, 3.05) is 17.0 Å². The highest BCUT2D eigenvalue weighted by Gasteiger charge is 2.39. The number of ether oxygens (including phenoxy) is 1. The largest absolute Gasteiger partial charge is 0.497 e. The first kappa shape index (κ1) is 17.3. The molecule has 0 saturated heterocycles. The summed E-state index contributed by atoms with van der Waals surface area (Å²) >= 11 is 1.65. The van der Waals surface area contributed by atoms with Gasteiger partial charge in [0.05, 0.1) is 12.8 Å². The molecule has 1 aliphatic heterocycles. The second kappa shape index (κ2) is 7.25. The number of nitrogens with zero attached hydrogens (tertiary/aromatic N) is 3. The van der Waals surface area contributed by atoms with Crippen LogP contribution in [0.5, 0.6) is 5.75 Å². The Kier molecular flexibility index (Phi) is 4.64. The van der Waals surface area contributed by atoms with E-state index >= 15 is 0 Å². The summed E-state index contributed by atoms with van der Waals surface area (Å²) in [5, 5.41) is 8.65. The van der Waals surface area contributed by atoms with E-state index in [0.29, 0.717) is 5.84 Å². The van der Waals surface area contributed by atoms with Gasteiger partial charge >= 0.3 is 0 Å². The quantitative estimate of drug-likeness (QED) is 0.647. The molecule has 3 aromatic rings. The third-order valence-corrected chi connectivity index (χ3v) is 5.30.